The van der Waals surface area contributed by atoms with Gasteiger partial charge < -0.3 is 15.4 Å². The number of rotatable bonds is 6. The Bertz CT molecular complexity index is 357. The summed E-state index contributed by atoms with van der Waals surface area (Å²) in [6.07, 6.45) is 0. The fourth-order valence-electron chi connectivity index (χ4n) is 2.07. The second kappa shape index (κ2) is 6.84. The smallest absolute Gasteiger partial charge is 0.0663 e. The van der Waals surface area contributed by atoms with Crippen molar-refractivity contribution in [1.29, 1.82) is 0 Å². The number of halogens is 1. The van der Waals surface area contributed by atoms with Crippen molar-refractivity contribution in [3.8, 4) is 0 Å². The Hall–Kier alpha value is -0.770. The third kappa shape index (κ3) is 3.35. The lowest BCUT2D eigenvalue weighted by molar-refractivity contribution is 0.182. The Morgan fingerprint density at radius 2 is 2.18 bits per heavy atom. The molecule has 0 aliphatic rings. The normalized spacial score (nSPS) is 12.5. The van der Waals surface area contributed by atoms with Gasteiger partial charge in [-0.2, -0.15) is 0 Å². The van der Waals surface area contributed by atoms with E-state index in [0.29, 0.717) is 19.2 Å². The van der Waals surface area contributed by atoms with Gasteiger partial charge in [0.15, 0.2) is 0 Å². The highest BCUT2D eigenvalue weighted by atomic mass is 35.5. The maximum absolute atomic E-state index is 6.17. The number of ether oxygens (including phenoxy) is 1. The SMILES string of the molecule is CCN(c1cccc(Cl)c1CN)C(C)COC. The van der Waals surface area contributed by atoms with E-state index in [9.17, 15) is 0 Å². The lowest BCUT2D eigenvalue weighted by Gasteiger charge is -2.31. The molecule has 0 saturated heterocycles. The number of methoxy groups -OCH3 is 1. The molecule has 0 saturated carbocycles. The van der Waals surface area contributed by atoms with Gasteiger partial charge in [0.1, 0.15) is 0 Å². The van der Waals surface area contributed by atoms with Crippen molar-refractivity contribution in [2.24, 2.45) is 5.73 Å². The van der Waals surface area contributed by atoms with Crippen molar-refractivity contribution in [2.75, 3.05) is 25.2 Å². The average molecular weight is 257 g/mol. The molecule has 1 rings (SSSR count). The first-order valence-corrected chi connectivity index (χ1v) is 6.26. The van der Waals surface area contributed by atoms with Crippen LogP contribution in [-0.2, 0) is 11.3 Å². The molecular formula is C13H21ClN2O. The summed E-state index contributed by atoms with van der Waals surface area (Å²) in [5.41, 5.74) is 7.88. The highest BCUT2D eigenvalue weighted by Crippen LogP contribution is 2.28. The van der Waals surface area contributed by atoms with Crippen LogP contribution in [0.5, 0.6) is 0 Å². The van der Waals surface area contributed by atoms with Crippen molar-refractivity contribution in [3.63, 3.8) is 0 Å². The minimum atomic E-state index is 0.300. The van der Waals surface area contributed by atoms with Gasteiger partial charge in [0.25, 0.3) is 0 Å². The van der Waals surface area contributed by atoms with Crippen LogP contribution in [0.25, 0.3) is 0 Å². The van der Waals surface area contributed by atoms with Crippen molar-refractivity contribution in [2.45, 2.75) is 26.4 Å². The molecule has 4 heteroatoms. The van der Waals surface area contributed by atoms with Gasteiger partial charge >= 0.3 is 0 Å². The van der Waals surface area contributed by atoms with Crippen LogP contribution in [0.1, 0.15) is 19.4 Å². The van der Waals surface area contributed by atoms with Crippen LogP contribution in [-0.4, -0.2) is 26.3 Å². The second-order valence-corrected chi connectivity index (χ2v) is 4.44. The third-order valence-electron chi connectivity index (χ3n) is 2.89. The molecule has 0 radical (unpaired) electrons. The van der Waals surface area contributed by atoms with E-state index in [1.807, 2.05) is 12.1 Å². The van der Waals surface area contributed by atoms with Gasteiger partial charge in [0.05, 0.1) is 6.61 Å². The number of anilines is 1. The molecule has 3 nitrogen and oxygen atoms in total. The Morgan fingerprint density at radius 1 is 1.47 bits per heavy atom. The summed E-state index contributed by atoms with van der Waals surface area (Å²) in [5, 5.41) is 0.730. The number of nitrogens with zero attached hydrogens (tertiary/aromatic N) is 1. The van der Waals surface area contributed by atoms with E-state index in [1.165, 1.54) is 0 Å². The minimum Gasteiger partial charge on any atom is -0.383 e. The zero-order chi connectivity index (χ0) is 12.8. The number of hydrogen-bond donors (Lipinski definition) is 1. The maximum atomic E-state index is 6.17. The summed E-state index contributed by atoms with van der Waals surface area (Å²) in [6.45, 7) is 6.29. The van der Waals surface area contributed by atoms with E-state index in [1.54, 1.807) is 7.11 Å². The highest BCUT2D eigenvalue weighted by Gasteiger charge is 2.16. The van der Waals surface area contributed by atoms with E-state index in [0.717, 1.165) is 22.8 Å². The summed E-state index contributed by atoms with van der Waals surface area (Å²) in [6, 6.07) is 6.19. The molecule has 1 aromatic carbocycles. The van der Waals surface area contributed by atoms with Crippen LogP contribution < -0.4 is 10.6 Å². The zero-order valence-corrected chi connectivity index (χ0v) is 11.5. The molecule has 0 aromatic heterocycles. The van der Waals surface area contributed by atoms with Crippen molar-refractivity contribution < 1.29 is 4.74 Å². The van der Waals surface area contributed by atoms with Gasteiger partial charge in [-0.25, -0.2) is 0 Å². The molecule has 1 aromatic rings. The van der Waals surface area contributed by atoms with E-state index >= 15 is 0 Å². The minimum absolute atomic E-state index is 0.300. The van der Waals surface area contributed by atoms with Crippen LogP contribution in [0.15, 0.2) is 18.2 Å². The Labute approximate surface area is 109 Å². The quantitative estimate of drug-likeness (QED) is 0.851. The van der Waals surface area contributed by atoms with Crippen LogP contribution in [0.3, 0.4) is 0 Å². The molecule has 1 atom stereocenters. The highest BCUT2D eigenvalue weighted by molar-refractivity contribution is 6.31. The monoisotopic (exact) mass is 256 g/mol. The first-order valence-electron chi connectivity index (χ1n) is 5.88. The van der Waals surface area contributed by atoms with Crippen molar-refractivity contribution in [3.05, 3.63) is 28.8 Å². The zero-order valence-electron chi connectivity index (χ0n) is 10.7. The molecule has 0 aliphatic carbocycles. The molecular weight excluding hydrogens is 236 g/mol. The van der Waals surface area contributed by atoms with Gasteiger partial charge in [0, 0.05) is 42.5 Å². The Balaban J connectivity index is 3.06. The number of likely N-dealkylation sites (N-methyl/N-ethyl adjacent to an activating group) is 1. The topological polar surface area (TPSA) is 38.5 Å². The third-order valence-corrected chi connectivity index (χ3v) is 3.24. The molecule has 17 heavy (non-hydrogen) atoms. The van der Waals surface area contributed by atoms with Crippen molar-refractivity contribution in [1.82, 2.24) is 0 Å². The molecule has 0 spiro atoms. The second-order valence-electron chi connectivity index (χ2n) is 4.03. The molecule has 0 amide bonds. The summed E-state index contributed by atoms with van der Waals surface area (Å²) in [4.78, 5) is 2.26. The summed E-state index contributed by atoms with van der Waals surface area (Å²) >= 11 is 6.17. The lowest BCUT2D eigenvalue weighted by Crippen LogP contribution is -2.37. The summed E-state index contributed by atoms with van der Waals surface area (Å²) < 4.78 is 5.21. The average Bonchev–Trinajstić information content (AvgIpc) is 2.30. The van der Waals surface area contributed by atoms with Gasteiger partial charge in [-0.1, -0.05) is 17.7 Å². The van der Waals surface area contributed by atoms with Gasteiger partial charge in [-0.15, -0.1) is 0 Å². The summed E-state index contributed by atoms with van der Waals surface area (Å²) in [5.74, 6) is 0. The number of nitrogens with two attached hydrogens (primary N) is 1. The first-order chi connectivity index (χ1) is 8.15. The van der Waals surface area contributed by atoms with Crippen LogP contribution in [0.2, 0.25) is 5.02 Å². The fourth-order valence-corrected chi connectivity index (χ4v) is 2.32. The van der Waals surface area contributed by atoms with Gasteiger partial charge in [-0.3, -0.25) is 0 Å². The van der Waals surface area contributed by atoms with Crippen LogP contribution in [0, 0.1) is 0 Å². The molecule has 0 aliphatic heterocycles. The molecule has 0 bridgehead atoms. The molecule has 0 heterocycles. The van der Waals surface area contributed by atoms with E-state index in [-0.39, 0.29) is 0 Å². The maximum Gasteiger partial charge on any atom is 0.0663 e. The van der Waals surface area contributed by atoms with E-state index in [2.05, 4.69) is 24.8 Å². The molecule has 2 N–H and O–H groups in total. The van der Waals surface area contributed by atoms with E-state index < -0.39 is 0 Å². The van der Waals surface area contributed by atoms with Crippen LogP contribution >= 0.6 is 11.6 Å². The number of hydrogen-bond acceptors (Lipinski definition) is 3. The van der Waals surface area contributed by atoms with Crippen molar-refractivity contribution >= 4 is 17.3 Å². The largest absolute Gasteiger partial charge is 0.383 e. The lowest BCUT2D eigenvalue weighted by atomic mass is 10.1. The first kappa shape index (κ1) is 14.3. The summed E-state index contributed by atoms with van der Waals surface area (Å²) in [7, 11) is 1.71. The Kier molecular flexibility index (Phi) is 5.75. The Morgan fingerprint density at radius 3 is 2.71 bits per heavy atom. The molecule has 96 valence electrons. The van der Waals surface area contributed by atoms with E-state index in [4.69, 9.17) is 22.1 Å². The fraction of sp³-hybridized carbons (Fsp3) is 0.538. The van der Waals surface area contributed by atoms with Crippen LogP contribution in [0.4, 0.5) is 5.69 Å². The standard InChI is InChI=1S/C13H21ClN2O/c1-4-16(10(2)9-17-3)13-7-5-6-12(14)11(13)8-15/h5-7,10H,4,8-9,15H2,1-3H3. The predicted molar refractivity (Wildman–Crippen MR) is 73.7 cm³/mol. The molecule has 1 unspecified atom stereocenters. The predicted octanol–water partition coefficient (Wildman–Crippen LogP) is 2.66. The van der Waals surface area contributed by atoms with Gasteiger partial charge in [-0.05, 0) is 26.0 Å². The molecule has 0 fully saturated rings. The number of benzene rings is 1. The van der Waals surface area contributed by atoms with Gasteiger partial charge in [0.2, 0.25) is 0 Å².